The number of hydrogen-bond donors (Lipinski definition) is 2. The molecule has 0 spiro atoms. The van der Waals surface area contributed by atoms with Crippen LogP contribution in [-0.4, -0.2) is 41.3 Å². The average Bonchev–Trinajstić information content (AvgIpc) is 2.39. The lowest BCUT2D eigenvalue weighted by molar-refractivity contribution is 0.304. The minimum Gasteiger partial charge on any atom is -0.395 e. The van der Waals surface area contributed by atoms with E-state index in [0.717, 1.165) is 17.5 Å². The van der Waals surface area contributed by atoms with Crippen LogP contribution < -0.4 is 10.2 Å². The maximum absolute atomic E-state index is 9.00. The SMILES string of the molecule is Cc1nc(NC2CCCCC2)cc(N(C)CCO)n1. The van der Waals surface area contributed by atoms with Gasteiger partial charge in [0.25, 0.3) is 0 Å². The maximum atomic E-state index is 9.00. The fourth-order valence-corrected chi connectivity index (χ4v) is 2.54. The van der Waals surface area contributed by atoms with E-state index in [1.165, 1.54) is 32.1 Å². The molecule has 2 N–H and O–H groups in total. The number of aliphatic hydroxyl groups excluding tert-OH is 1. The normalized spacial score (nSPS) is 16.4. The van der Waals surface area contributed by atoms with Crippen LogP contribution >= 0.6 is 0 Å². The maximum Gasteiger partial charge on any atom is 0.134 e. The number of aromatic nitrogens is 2. The zero-order valence-corrected chi connectivity index (χ0v) is 11.9. The molecule has 0 amide bonds. The molecule has 0 atom stereocenters. The molecule has 0 radical (unpaired) electrons. The van der Waals surface area contributed by atoms with E-state index in [1.54, 1.807) is 0 Å². The molecule has 0 saturated heterocycles. The standard InChI is InChI=1S/C14H24N4O/c1-11-15-13(17-12-6-4-3-5-7-12)10-14(16-11)18(2)8-9-19/h10,12,19H,3-9H2,1-2H3,(H,15,16,17). The molecule has 0 aliphatic heterocycles. The zero-order valence-electron chi connectivity index (χ0n) is 11.9. The molecule has 0 bridgehead atoms. The van der Waals surface area contributed by atoms with Crippen molar-refractivity contribution in [3.8, 4) is 0 Å². The molecule has 2 rings (SSSR count). The zero-order chi connectivity index (χ0) is 13.7. The summed E-state index contributed by atoms with van der Waals surface area (Å²) >= 11 is 0. The number of hydrogen-bond acceptors (Lipinski definition) is 5. The number of likely N-dealkylation sites (N-methyl/N-ethyl adjacent to an activating group) is 1. The molecule has 1 saturated carbocycles. The van der Waals surface area contributed by atoms with Crippen molar-refractivity contribution in [2.24, 2.45) is 0 Å². The van der Waals surface area contributed by atoms with E-state index in [0.29, 0.717) is 12.6 Å². The predicted octanol–water partition coefficient (Wildman–Crippen LogP) is 1.96. The Morgan fingerprint density at radius 3 is 2.74 bits per heavy atom. The summed E-state index contributed by atoms with van der Waals surface area (Å²) in [4.78, 5) is 10.8. The van der Waals surface area contributed by atoms with Crippen molar-refractivity contribution in [2.45, 2.75) is 45.1 Å². The van der Waals surface area contributed by atoms with Crippen LogP contribution in [0, 0.1) is 6.92 Å². The molecule has 1 aromatic heterocycles. The van der Waals surface area contributed by atoms with Gasteiger partial charge in [-0.2, -0.15) is 0 Å². The Bertz CT molecular complexity index is 404. The van der Waals surface area contributed by atoms with Crippen molar-refractivity contribution in [2.75, 3.05) is 30.4 Å². The number of nitrogens with zero attached hydrogens (tertiary/aromatic N) is 3. The molecule has 1 aliphatic rings. The Kier molecular flexibility index (Phi) is 4.96. The van der Waals surface area contributed by atoms with E-state index >= 15 is 0 Å². The summed E-state index contributed by atoms with van der Waals surface area (Å²) in [6.07, 6.45) is 6.42. The lowest BCUT2D eigenvalue weighted by Crippen LogP contribution is -2.25. The highest BCUT2D eigenvalue weighted by atomic mass is 16.3. The highest BCUT2D eigenvalue weighted by molar-refractivity contribution is 5.49. The first-order chi connectivity index (χ1) is 9.19. The van der Waals surface area contributed by atoms with Gasteiger partial charge < -0.3 is 15.3 Å². The Labute approximate surface area is 115 Å². The summed E-state index contributed by atoms with van der Waals surface area (Å²) in [6, 6.07) is 2.51. The molecule has 5 heteroatoms. The molecule has 0 unspecified atom stereocenters. The van der Waals surface area contributed by atoms with Crippen molar-refractivity contribution in [1.82, 2.24) is 9.97 Å². The van der Waals surface area contributed by atoms with Crippen LogP contribution in [0.15, 0.2) is 6.07 Å². The molecule has 1 fully saturated rings. The largest absolute Gasteiger partial charge is 0.395 e. The van der Waals surface area contributed by atoms with Gasteiger partial charge in [-0.1, -0.05) is 19.3 Å². The van der Waals surface area contributed by atoms with Gasteiger partial charge in [0.2, 0.25) is 0 Å². The highest BCUT2D eigenvalue weighted by Gasteiger charge is 2.14. The van der Waals surface area contributed by atoms with Gasteiger partial charge in [-0.3, -0.25) is 0 Å². The van der Waals surface area contributed by atoms with E-state index in [9.17, 15) is 0 Å². The number of anilines is 2. The summed E-state index contributed by atoms with van der Waals surface area (Å²) in [5.41, 5.74) is 0. The van der Waals surface area contributed by atoms with Gasteiger partial charge in [-0.05, 0) is 19.8 Å². The molecule has 106 valence electrons. The summed E-state index contributed by atoms with van der Waals surface area (Å²) in [7, 11) is 1.93. The van der Waals surface area contributed by atoms with Crippen LogP contribution in [0.4, 0.5) is 11.6 Å². The predicted molar refractivity (Wildman–Crippen MR) is 77.6 cm³/mol. The fraction of sp³-hybridized carbons (Fsp3) is 0.714. The minimum absolute atomic E-state index is 0.130. The lowest BCUT2D eigenvalue weighted by Gasteiger charge is -2.24. The van der Waals surface area contributed by atoms with Gasteiger partial charge in [-0.25, -0.2) is 9.97 Å². The van der Waals surface area contributed by atoms with Crippen LogP contribution in [0.3, 0.4) is 0 Å². The smallest absolute Gasteiger partial charge is 0.134 e. The number of aryl methyl sites for hydroxylation is 1. The third kappa shape index (κ3) is 4.06. The molecular weight excluding hydrogens is 240 g/mol. The van der Waals surface area contributed by atoms with Crippen LogP contribution in [0.5, 0.6) is 0 Å². The fourth-order valence-electron chi connectivity index (χ4n) is 2.54. The summed E-state index contributed by atoms with van der Waals surface area (Å²) < 4.78 is 0. The Balaban J connectivity index is 2.07. The van der Waals surface area contributed by atoms with Crippen molar-refractivity contribution in [3.05, 3.63) is 11.9 Å². The van der Waals surface area contributed by atoms with E-state index < -0.39 is 0 Å². The van der Waals surface area contributed by atoms with Crippen LogP contribution in [-0.2, 0) is 0 Å². The van der Waals surface area contributed by atoms with Gasteiger partial charge >= 0.3 is 0 Å². The van der Waals surface area contributed by atoms with Crippen LogP contribution in [0.2, 0.25) is 0 Å². The molecule has 1 heterocycles. The first-order valence-corrected chi connectivity index (χ1v) is 7.13. The summed E-state index contributed by atoms with van der Waals surface area (Å²) in [5.74, 6) is 2.53. The van der Waals surface area contributed by atoms with E-state index in [1.807, 2.05) is 24.9 Å². The average molecular weight is 264 g/mol. The summed E-state index contributed by atoms with van der Waals surface area (Å²) in [6.45, 7) is 2.62. The van der Waals surface area contributed by atoms with Gasteiger partial charge in [0.05, 0.1) is 6.61 Å². The second-order valence-corrected chi connectivity index (χ2v) is 5.28. The number of nitrogens with one attached hydrogen (secondary N) is 1. The summed E-state index contributed by atoms with van der Waals surface area (Å²) in [5, 5.41) is 12.5. The van der Waals surface area contributed by atoms with Gasteiger partial charge in [-0.15, -0.1) is 0 Å². The highest BCUT2D eigenvalue weighted by Crippen LogP contribution is 2.22. The van der Waals surface area contributed by atoms with E-state index in [4.69, 9.17) is 5.11 Å². The van der Waals surface area contributed by atoms with Crippen molar-refractivity contribution < 1.29 is 5.11 Å². The second kappa shape index (κ2) is 6.70. The van der Waals surface area contributed by atoms with Crippen LogP contribution in [0.25, 0.3) is 0 Å². The monoisotopic (exact) mass is 264 g/mol. The third-order valence-corrected chi connectivity index (χ3v) is 3.61. The van der Waals surface area contributed by atoms with Crippen molar-refractivity contribution in [1.29, 1.82) is 0 Å². The van der Waals surface area contributed by atoms with Gasteiger partial charge in [0, 0.05) is 25.7 Å². The van der Waals surface area contributed by atoms with Crippen LogP contribution in [0.1, 0.15) is 37.9 Å². The second-order valence-electron chi connectivity index (χ2n) is 5.28. The minimum atomic E-state index is 0.130. The Hall–Kier alpha value is -1.36. The Morgan fingerprint density at radius 2 is 2.05 bits per heavy atom. The molecule has 0 aromatic carbocycles. The van der Waals surface area contributed by atoms with Crippen molar-refractivity contribution >= 4 is 11.6 Å². The number of rotatable bonds is 5. The quantitative estimate of drug-likeness (QED) is 0.851. The van der Waals surface area contributed by atoms with E-state index in [2.05, 4.69) is 15.3 Å². The lowest BCUT2D eigenvalue weighted by atomic mass is 9.95. The molecule has 5 nitrogen and oxygen atoms in total. The van der Waals surface area contributed by atoms with Gasteiger partial charge in [0.15, 0.2) is 0 Å². The molecule has 1 aromatic rings. The molecule has 1 aliphatic carbocycles. The van der Waals surface area contributed by atoms with Gasteiger partial charge in [0.1, 0.15) is 17.5 Å². The number of aliphatic hydroxyl groups is 1. The topological polar surface area (TPSA) is 61.3 Å². The van der Waals surface area contributed by atoms with Crippen molar-refractivity contribution in [3.63, 3.8) is 0 Å². The van der Waals surface area contributed by atoms with E-state index in [-0.39, 0.29) is 6.61 Å². The molecule has 19 heavy (non-hydrogen) atoms. The first-order valence-electron chi connectivity index (χ1n) is 7.13. The first kappa shape index (κ1) is 14.1. The third-order valence-electron chi connectivity index (χ3n) is 3.61. The Morgan fingerprint density at radius 1 is 1.32 bits per heavy atom. The molecular formula is C14H24N4O.